The van der Waals surface area contributed by atoms with Crippen molar-refractivity contribution in [1.82, 2.24) is 15.1 Å². The molecule has 1 aliphatic heterocycles. The van der Waals surface area contributed by atoms with Crippen molar-refractivity contribution >= 4 is 0 Å². The van der Waals surface area contributed by atoms with E-state index in [1.165, 1.54) is 51.6 Å². The maximum absolute atomic E-state index is 3.65. The fourth-order valence-corrected chi connectivity index (χ4v) is 3.74. The van der Waals surface area contributed by atoms with Crippen LogP contribution in [0.2, 0.25) is 0 Å². The average Bonchev–Trinajstić information content (AvgIpc) is 2.39. The van der Waals surface area contributed by atoms with E-state index >= 15 is 0 Å². The molecule has 0 spiro atoms. The third-order valence-electron chi connectivity index (χ3n) is 4.89. The van der Waals surface area contributed by atoms with E-state index in [1.807, 2.05) is 0 Å². The van der Waals surface area contributed by atoms with Gasteiger partial charge in [0, 0.05) is 18.1 Å². The zero-order valence-electron chi connectivity index (χ0n) is 12.5. The summed E-state index contributed by atoms with van der Waals surface area (Å²) in [7, 11) is 4.45. The van der Waals surface area contributed by atoms with Crippen LogP contribution < -0.4 is 5.32 Å². The summed E-state index contributed by atoms with van der Waals surface area (Å²) in [5.41, 5.74) is 0. The molecular weight excluding hydrogens is 222 g/mol. The van der Waals surface area contributed by atoms with Crippen LogP contribution in [0, 0.1) is 0 Å². The summed E-state index contributed by atoms with van der Waals surface area (Å²) < 4.78 is 0. The molecule has 2 aliphatic rings. The number of hydrogen-bond acceptors (Lipinski definition) is 3. The Morgan fingerprint density at radius 2 is 1.83 bits per heavy atom. The molecule has 3 nitrogen and oxygen atoms in total. The molecule has 18 heavy (non-hydrogen) atoms. The first-order chi connectivity index (χ1) is 8.70. The number of piperidine rings is 1. The summed E-state index contributed by atoms with van der Waals surface area (Å²) in [5, 5.41) is 3.65. The first-order valence-electron chi connectivity index (χ1n) is 7.84. The average molecular weight is 253 g/mol. The molecule has 2 fully saturated rings. The molecule has 1 heterocycles. The van der Waals surface area contributed by atoms with E-state index in [9.17, 15) is 0 Å². The summed E-state index contributed by atoms with van der Waals surface area (Å²) >= 11 is 0. The fourth-order valence-electron chi connectivity index (χ4n) is 3.74. The Kier molecular flexibility index (Phi) is 5.46. The van der Waals surface area contributed by atoms with Crippen LogP contribution in [0.3, 0.4) is 0 Å². The van der Waals surface area contributed by atoms with E-state index in [-0.39, 0.29) is 0 Å². The van der Waals surface area contributed by atoms with E-state index in [0.29, 0.717) is 0 Å². The van der Waals surface area contributed by atoms with Gasteiger partial charge in [0.05, 0.1) is 0 Å². The standard InChI is InChI=1S/C15H31N3/c1-4-16-13-6-5-7-15(12-13)18-10-8-14(9-11-18)17(2)3/h13-16H,4-12H2,1-3H3/t13-,15-/m1/s1. The van der Waals surface area contributed by atoms with Crippen molar-refractivity contribution in [3.63, 3.8) is 0 Å². The smallest absolute Gasteiger partial charge is 0.0113 e. The maximum atomic E-state index is 3.65. The number of nitrogens with one attached hydrogen (secondary N) is 1. The SMILES string of the molecule is CCN[C@@H]1CCC[C@@H](N2CCC(N(C)C)CC2)C1. The molecule has 0 radical (unpaired) electrons. The van der Waals surface area contributed by atoms with E-state index in [2.05, 4.69) is 36.1 Å². The number of likely N-dealkylation sites (tertiary alicyclic amines) is 1. The van der Waals surface area contributed by atoms with Crippen molar-refractivity contribution in [3.8, 4) is 0 Å². The van der Waals surface area contributed by atoms with Crippen molar-refractivity contribution in [2.24, 2.45) is 0 Å². The molecule has 1 aliphatic carbocycles. The zero-order chi connectivity index (χ0) is 13.0. The highest BCUT2D eigenvalue weighted by atomic mass is 15.2. The van der Waals surface area contributed by atoms with Crippen molar-refractivity contribution in [3.05, 3.63) is 0 Å². The minimum Gasteiger partial charge on any atom is -0.314 e. The number of nitrogens with zero attached hydrogens (tertiary/aromatic N) is 2. The lowest BCUT2D eigenvalue weighted by molar-refractivity contribution is 0.0820. The summed E-state index contributed by atoms with van der Waals surface area (Å²) in [5.74, 6) is 0. The number of rotatable bonds is 4. The van der Waals surface area contributed by atoms with Gasteiger partial charge in [0.2, 0.25) is 0 Å². The van der Waals surface area contributed by atoms with Gasteiger partial charge in [0.1, 0.15) is 0 Å². The van der Waals surface area contributed by atoms with Crippen LogP contribution in [0.25, 0.3) is 0 Å². The van der Waals surface area contributed by atoms with Gasteiger partial charge in [-0.05, 0) is 65.8 Å². The lowest BCUT2D eigenvalue weighted by atomic mass is 9.88. The van der Waals surface area contributed by atoms with Crippen molar-refractivity contribution in [2.45, 2.75) is 63.6 Å². The van der Waals surface area contributed by atoms with E-state index in [1.54, 1.807) is 0 Å². The van der Waals surface area contributed by atoms with E-state index < -0.39 is 0 Å². The van der Waals surface area contributed by atoms with Crippen LogP contribution in [0.5, 0.6) is 0 Å². The Labute approximate surface area is 113 Å². The monoisotopic (exact) mass is 253 g/mol. The van der Waals surface area contributed by atoms with Gasteiger partial charge in [0.25, 0.3) is 0 Å². The third-order valence-corrected chi connectivity index (χ3v) is 4.89. The van der Waals surface area contributed by atoms with Gasteiger partial charge in [-0.3, -0.25) is 0 Å². The fraction of sp³-hybridized carbons (Fsp3) is 1.00. The molecule has 106 valence electrons. The Hall–Kier alpha value is -0.120. The predicted octanol–water partition coefficient (Wildman–Crippen LogP) is 1.93. The second-order valence-electron chi connectivity index (χ2n) is 6.31. The highest BCUT2D eigenvalue weighted by Crippen LogP contribution is 2.26. The Bertz CT molecular complexity index is 232. The molecule has 1 saturated heterocycles. The maximum Gasteiger partial charge on any atom is 0.0113 e. The lowest BCUT2D eigenvalue weighted by Gasteiger charge is -2.42. The molecule has 0 bridgehead atoms. The van der Waals surface area contributed by atoms with Crippen LogP contribution in [0.15, 0.2) is 0 Å². The molecule has 0 aromatic heterocycles. The minimum atomic E-state index is 0.778. The van der Waals surface area contributed by atoms with E-state index in [4.69, 9.17) is 0 Å². The normalized spacial score (nSPS) is 32.0. The van der Waals surface area contributed by atoms with Gasteiger partial charge in [-0.25, -0.2) is 0 Å². The Morgan fingerprint density at radius 1 is 1.11 bits per heavy atom. The first kappa shape index (κ1) is 14.3. The van der Waals surface area contributed by atoms with Gasteiger partial charge >= 0.3 is 0 Å². The Balaban J connectivity index is 1.78. The summed E-state index contributed by atoms with van der Waals surface area (Å²) in [6, 6.07) is 2.45. The molecule has 2 atom stereocenters. The highest BCUT2D eigenvalue weighted by molar-refractivity contribution is 4.87. The molecule has 0 aromatic rings. The van der Waals surface area contributed by atoms with E-state index in [0.717, 1.165) is 24.7 Å². The van der Waals surface area contributed by atoms with Crippen molar-refractivity contribution in [2.75, 3.05) is 33.7 Å². The summed E-state index contributed by atoms with van der Waals surface area (Å²) in [4.78, 5) is 5.17. The van der Waals surface area contributed by atoms with Crippen LogP contribution in [-0.2, 0) is 0 Å². The second kappa shape index (κ2) is 6.88. The predicted molar refractivity (Wildman–Crippen MR) is 78.0 cm³/mol. The minimum absolute atomic E-state index is 0.778. The van der Waals surface area contributed by atoms with Gasteiger partial charge in [-0.2, -0.15) is 0 Å². The van der Waals surface area contributed by atoms with Gasteiger partial charge < -0.3 is 15.1 Å². The van der Waals surface area contributed by atoms with Crippen LogP contribution >= 0.6 is 0 Å². The zero-order valence-corrected chi connectivity index (χ0v) is 12.5. The molecule has 1 saturated carbocycles. The largest absolute Gasteiger partial charge is 0.314 e. The molecule has 3 heteroatoms. The third kappa shape index (κ3) is 3.69. The molecule has 0 aromatic carbocycles. The quantitative estimate of drug-likeness (QED) is 0.826. The molecule has 0 amide bonds. The highest BCUT2D eigenvalue weighted by Gasteiger charge is 2.29. The first-order valence-corrected chi connectivity index (χ1v) is 7.84. The Morgan fingerprint density at radius 3 is 2.44 bits per heavy atom. The second-order valence-corrected chi connectivity index (χ2v) is 6.31. The molecule has 1 N–H and O–H groups in total. The number of hydrogen-bond donors (Lipinski definition) is 1. The van der Waals surface area contributed by atoms with Gasteiger partial charge in [-0.1, -0.05) is 13.3 Å². The van der Waals surface area contributed by atoms with Crippen LogP contribution in [0.1, 0.15) is 45.4 Å². The molecule has 0 unspecified atom stereocenters. The topological polar surface area (TPSA) is 18.5 Å². The van der Waals surface area contributed by atoms with Crippen molar-refractivity contribution < 1.29 is 0 Å². The molecule has 2 rings (SSSR count). The van der Waals surface area contributed by atoms with Gasteiger partial charge in [0.15, 0.2) is 0 Å². The van der Waals surface area contributed by atoms with Crippen LogP contribution in [0.4, 0.5) is 0 Å². The van der Waals surface area contributed by atoms with Crippen LogP contribution in [-0.4, -0.2) is 61.7 Å². The summed E-state index contributed by atoms with van der Waals surface area (Å²) in [6.07, 6.45) is 8.31. The van der Waals surface area contributed by atoms with Gasteiger partial charge in [-0.15, -0.1) is 0 Å². The lowest BCUT2D eigenvalue weighted by Crippen LogP contribution is -2.49. The summed E-state index contributed by atoms with van der Waals surface area (Å²) in [6.45, 7) is 5.98. The molecular formula is C15H31N3. The van der Waals surface area contributed by atoms with Crippen molar-refractivity contribution in [1.29, 1.82) is 0 Å².